The second-order valence-electron chi connectivity index (χ2n) is 6.32. The van der Waals surface area contributed by atoms with Crippen molar-refractivity contribution in [3.63, 3.8) is 0 Å². The summed E-state index contributed by atoms with van der Waals surface area (Å²) in [5.41, 5.74) is 0.607. The molecule has 0 radical (unpaired) electrons. The summed E-state index contributed by atoms with van der Waals surface area (Å²) < 4.78 is 26.6. The Morgan fingerprint density at radius 1 is 1.03 bits per heavy atom. The topological polar surface area (TPSA) is 99.5 Å². The fraction of sp³-hybridized carbons (Fsp3) is 0.333. The molecule has 1 aromatic heterocycles. The number of furan rings is 1. The molecule has 0 spiro atoms. The Labute approximate surface area is 174 Å². The quantitative estimate of drug-likeness (QED) is 0.689. The van der Waals surface area contributed by atoms with Crippen molar-refractivity contribution in [2.45, 2.75) is 0 Å². The second-order valence-corrected chi connectivity index (χ2v) is 6.32. The van der Waals surface area contributed by atoms with Gasteiger partial charge in [0, 0.05) is 18.7 Å². The molecular formula is C21H24N2O7. The Balaban J connectivity index is 2.01. The number of carbonyl (C=O) groups is 2. The Morgan fingerprint density at radius 3 is 2.37 bits per heavy atom. The summed E-state index contributed by atoms with van der Waals surface area (Å²) in [6.45, 7) is 1.72. The molecule has 1 aromatic carbocycles. The lowest BCUT2D eigenvalue weighted by atomic mass is 10.1. The van der Waals surface area contributed by atoms with E-state index in [1.54, 1.807) is 29.2 Å². The van der Waals surface area contributed by atoms with E-state index >= 15 is 0 Å². The summed E-state index contributed by atoms with van der Waals surface area (Å²) in [5.74, 6) is 0.449. The van der Waals surface area contributed by atoms with Crippen LogP contribution in [0.2, 0.25) is 0 Å². The largest absolute Gasteiger partial charge is 0.493 e. The highest BCUT2D eigenvalue weighted by Crippen LogP contribution is 2.40. The third-order valence-electron chi connectivity index (χ3n) is 4.56. The van der Waals surface area contributed by atoms with E-state index in [0.29, 0.717) is 49.1 Å². The van der Waals surface area contributed by atoms with Crippen LogP contribution in [0.25, 0.3) is 6.08 Å². The maximum absolute atomic E-state index is 13.1. The van der Waals surface area contributed by atoms with E-state index in [9.17, 15) is 9.59 Å². The molecule has 0 atom stereocenters. The van der Waals surface area contributed by atoms with Crippen molar-refractivity contribution in [2.75, 3.05) is 47.6 Å². The Bertz CT molecular complexity index is 916. The Morgan fingerprint density at radius 2 is 1.77 bits per heavy atom. The van der Waals surface area contributed by atoms with Crippen molar-refractivity contribution < 1.29 is 33.0 Å². The minimum absolute atomic E-state index is 0.0730. The van der Waals surface area contributed by atoms with Gasteiger partial charge in [-0.05, 0) is 30.3 Å². The first-order valence-electron chi connectivity index (χ1n) is 9.31. The highest BCUT2D eigenvalue weighted by Gasteiger charge is 2.24. The van der Waals surface area contributed by atoms with Gasteiger partial charge in [0.25, 0.3) is 11.8 Å². The predicted molar refractivity (Wildman–Crippen MR) is 108 cm³/mol. The molecule has 1 aliphatic rings. The molecule has 2 amide bonds. The van der Waals surface area contributed by atoms with Crippen molar-refractivity contribution in [1.29, 1.82) is 0 Å². The van der Waals surface area contributed by atoms with E-state index < -0.39 is 5.91 Å². The molecule has 1 saturated heterocycles. The summed E-state index contributed by atoms with van der Waals surface area (Å²) in [6, 6.07) is 6.52. The number of nitrogens with one attached hydrogen (secondary N) is 1. The van der Waals surface area contributed by atoms with Crippen LogP contribution in [0.1, 0.15) is 16.1 Å². The number of benzene rings is 1. The number of amides is 2. The molecule has 3 rings (SSSR count). The van der Waals surface area contributed by atoms with Crippen LogP contribution in [0.5, 0.6) is 17.2 Å². The summed E-state index contributed by atoms with van der Waals surface area (Å²) in [5, 5.41) is 2.65. The molecule has 0 aliphatic carbocycles. The van der Waals surface area contributed by atoms with E-state index in [0.717, 1.165) is 0 Å². The van der Waals surface area contributed by atoms with Crippen LogP contribution in [-0.2, 0) is 9.53 Å². The molecule has 2 aromatic rings. The van der Waals surface area contributed by atoms with E-state index in [1.165, 1.54) is 33.7 Å². The zero-order chi connectivity index (χ0) is 21.5. The standard InChI is InChI=1S/C21H24N2O7/c1-26-16-7-6-14(18(27-2)19(16)28-3)13-15(21(25)23-8-11-29-12-9-23)22-20(24)17-5-4-10-30-17/h4-7,10,13H,8-9,11-12H2,1-3H3,(H,22,24)/b15-13+. The zero-order valence-electron chi connectivity index (χ0n) is 17.1. The minimum Gasteiger partial charge on any atom is -0.493 e. The van der Waals surface area contributed by atoms with Crippen molar-refractivity contribution >= 4 is 17.9 Å². The van der Waals surface area contributed by atoms with Crippen molar-refractivity contribution in [3.05, 3.63) is 47.5 Å². The second kappa shape index (κ2) is 9.84. The number of morpholine rings is 1. The van der Waals surface area contributed by atoms with Crippen LogP contribution in [0.4, 0.5) is 0 Å². The smallest absolute Gasteiger partial charge is 0.291 e. The number of carbonyl (C=O) groups excluding carboxylic acids is 2. The third-order valence-corrected chi connectivity index (χ3v) is 4.56. The maximum Gasteiger partial charge on any atom is 0.291 e. The van der Waals surface area contributed by atoms with Gasteiger partial charge in [-0.3, -0.25) is 9.59 Å². The monoisotopic (exact) mass is 416 g/mol. The molecule has 0 bridgehead atoms. The van der Waals surface area contributed by atoms with Crippen LogP contribution in [-0.4, -0.2) is 64.3 Å². The summed E-state index contributed by atoms with van der Waals surface area (Å²) in [4.78, 5) is 27.3. The average molecular weight is 416 g/mol. The molecular weight excluding hydrogens is 392 g/mol. The lowest BCUT2D eigenvalue weighted by Gasteiger charge is -2.27. The first-order chi connectivity index (χ1) is 14.6. The first-order valence-corrected chi connectivity index (χ1v) is 9.31. The fourth-order valence-corrected chi connectivity index (χ4v) is 3.07. The molecule has 9 nitrogen and oxygen atoms in total. The SMILES string of the molecule is COc1ccc(/C=C(/NC(=O)c2ccco2)C(=O)N2CCOCC2)c(OC)c1OC. The van der Waals surface area contributed by atoms with Crippen molar-refractivity contribution in [2.24, 2.45) is 0 Å². The summed E-state index contributed by atoms with van der Waals surface area (Å²) in [7, 11) is 4.50. The van der Waals surface area contributed by atoms with Gasteiger partial charge in [0.15, 0.2) is 17.3 Å². The van der Waals surface area contributed by atoms with Gasteiger partial charge in [0.05, 0.1) is 40.8 Å². The van der Waals surface area contributed by atoms with Crippen LogP contribution in [0.15, 0.2) is 40.6 Å². The molecule has 1 aliphatic heterocycles. The van der Waals surface area contributed by atoms with Crippen molar-refractivity contribution in [1.82, 2.24) is 10.2 Å². The number of hydrogen-bond acceptors (Lipinski definition) is 7. The van der Waals surface area contributed by atoms with Gasteiger partial charge in [0.2, 0.25) is 5.75 Å². The molecule has 160 valence electrons. The highest BCUT2D eigenvalue weighted by molar-refractivity contribution is 6.04. The molecule has 30 heavy (non-hydrogen) atoms. The maximum atomic E-state index is 13.1. The zero-order valence-corrected chi connectivity index (χ0v) is 17.1. The fourth-order valence-electron chi connectivity index (χ4n) is 3.07. The normalized spacial score (nSPS) is 14.2. The number of nitrogens with zero attached hydrogens (tertiary/aromatic N) is 1. The van der Waals surface area contributed by atoms with Crippen molar-refractivity contribution in [3.8, 4) is 17.2 Å². The predicted octanol–water partition coefficient (Wildman–Crippen LogP) is 1.94. The van der Waals surface area contributed by atoms with Gasteiger partial charge in [0.1, 0.15) is 5.70 Å². The number of ether oxygens (including phenoxy) is 4. The summed E-state index contributed by atoms with van der Waals surface area (Å²) in [6.07, 6.45) is 2.93. The van der Waals surface area contributed by atoms with Gasteiger partial charge >= 0.3 is 0 Å². The van der Waals surface area contributed by atoms with E-state index in [-0.39, 0.29) is 17.4 Å². The highest BCUT2D eigenvalue weighted by atomic mass is 16.5. The van der Waals surface area contributed by atoms with E-state index in [4.69, 9.17) is 23.4 Å². The lowest BCUT2D eigenvalue weighted by molar-refractivity contribution is -0.131. The van der Waals surface area contributed by atoms with Crippen LogP contribution < -0.4 is 19.5 Å². The molecule has 1 fully saturated rings. The lowest BCUT2D eigenvalue weighted by Crippen LogP contribution is -2.44. The number of hydrogen-bond donors (Lipinski definition) is 1. The van der Waals surface area contributed by atoms with Gasteiger partial charge in [-0.25, -0.2) is 0 Å². The molecule has 9 heteroatoms. The number of rotatable bonds is 7. The average Bonchev–Trinajstić information content (AvgIpc) is 3.33. The van der Waals surface area contributed by atoms with Gasteiger partial charge in [-0.15, -0.1) is 0 Å². The molecule has 1 N–H and O–H groups in total. The molecule has 2 heterocycles. The number of methoxy groups -OCH3 is 3. The van der Waals surface area contributed by atoms with E-state index in [1.807, 2.05) is 0 Å². The first kappa shape index (κ1) is 21.3. The van der Waals surface area contributed by atoms with Gasteiger partial charge in [-0.1, -0.05) is 0 Å². The van der Waals surface area contributed by atoms with E-state index in [2.05, 4.69) is 5.32 Å². The Kier molecular flexibility index (Phi) is 6.97. The summed E-state index contributed by atoms with van der Waals surface area (Å²) >= 11 is 0. The third kappa shape index (κ3) is 4.57. The molecule has 0 saturated carbocycles. The van der Waals surface area contributed by atoms with Crippen LogP contribution >= 0.6 is 0 Å². The van der Waals surface area contributed by atoms with Crippen LogP contribution in [0.3, 0.4) is 0 Å². The van der Waals surface area contributed by atoms with Gasteiger partial charge in [-0.2, -0.15) is 0 Å². The Hall–Kier alpha value is -3.46. The minimum atomic E-state index is -0.535. The van der Waals surface area contributed by atoms with Gasteiger partial charge < -0.3 is 33.6 Å². The van der Waals surface area contributed by atoms with Crippen LogP contribution in [0, 0.1) is 0 Å². The molecule has 0 unspecified atom stereocenters.